The molecule has 0 saturated heterocycles. The van der Waals surface area contributed by atoms with Crippen molar-refractivity contribution in [3.63, 3.8) is 0 Å². The summed E-state index contributed by atoms with van der Waals surface area (Å²) in [6, 6.07) is 1.97. The van der Waals surface area contributed by atoms with Crippen LogP contribution in [0.15, 0.2) is 28.9 Å². The summed E-state index contributed by atoms with van der Waals surface area (Å²) in [5.74, 6) is 2.22. The summed E-state index contributed by atoms with van der Waals surface area (Å²) < 4.78 is 7.35. The number of hydrogen-bond acceptors (Lipinski definition) is 4. The summed E-state index contributed by atoms with van der Waals surface area (Å²) in [6.07, 6.45) is 13.7. The Morgan fingerprint density at radius 2 is 2.07 bits per heavy atom. The first-order chi connectivity index (χ1) is 13.6. The van der Waals surface area contributed by atoms with Crippen molar-refractivity contribution in [2.75, 3.05) is 6.54 Å². The van der Waals surface area contributed by atoms with Gasteiger partial charge in [-0.15, -0.1) is 0 Å². The van der Waals surface area contributed by atoms with Crippen LogP contribution in [0.1, 0.15) is 62.3 Å². The van der Waals surface area contributed by atoms with Crippen LogP contribution in [-0.4, -0.2) is 27.4 Å². The highest BCUT2D eigenvalue weighted by atomic mass is 16.5. The third-order valence-electron chi connectivity index (χ3n) is 6.19. The van der Waals surface area contributed by atoms with Crippen LogP contribution in [0, 0.1) is 18.8 Å². The smallest absolute Gasteiger partial charge is 0.223 e. The molecule has 1 atom stereocenters. The normalized spacial score (nSPS) is 25.0. The molecule has 1 unspecified atom stereocenters. The second-order valence-electron chi connectivity index (χ2n) is 8.38. The summed E-state index contributed by atoms with van der Waals surface area (Å²) in [6.45, 7) is 2.74. The van der Waals surface area contributed by atoms with Gasteiger partial charge in [0.15, 0.2) is 5.76 Å². The number of carbonyl (C=O) groups excluding carboxylic acids is 1. The zero-order valence-electron chi connectivity index (χ0n) is 16.9. The molecule has 2 aromatic rings. The largest absolute Gasteiger partial charge is 0.356 e. The van der Waals surface area contributed by atoms with Crippen LogP contribution < -0.4 is 5.32 Å². The minimum absolute atomic E-state index is 0.169. The molecule has 4 rings (SSSR count). The van der Waals surface area contributed by atoms with Gasteiger partial charge in [-0.25, -0.2) is 0 Å². The Balaban J connectivity index is 1.32. The standard InChI is InChI=1S/C22H30N4O2/c1-15-12-20(28-25-15)19-14-26(2)24-21(19)17-10-8-16(9-11-17)13-23-22(27)18-6-4-3-5-7-18/h3-4,12,14,16-18H,5-11,13H2,1-2H3,(H,23,27). The monoisotopic (exact) mass is 382 g/mol. The fourth-order valence-corrected chi connectivity index (χ4v) is 4.55. The van der Waals surface area contributed by atoms with Crippen LogP contribution in [0.25, 0.3) is 11.3 Å². The Morgan fingerprint density at radius 1 is 1.25 bits per heavy atom. The van der Waals surface area contributed by atoms with Crippen LogP contribution >= 0.6 is 0 Å². The van der Waals surface area contributed by atoms with Crippen molar-refractivity contribution >= 4 is 5.91 Å². The minimum Gasteiger partial charge on any atom is -0.356 e. The van der Waals surface area contributed by atoms with Gasteiger partial charge in [0.05, 0.1) is 17.0 Å². The number of rotatable bonds is 5. The first-order valence-corrected chi connectivity index (χ1v) is 10.5. The number of carbonyl (C=O) groups is 1. The van der Waals surface area contributed by atoms with E-state index in [1.165, 1.54) is 0 Å². The molecule has 0 aliphatic heterocycles. The third-order valence-corrected chi connectivity index (χ3v) is 6.19. The Bertz CT molecular complexity index is 843. The first-order valence-electron chi connectivity index (χ1n) is 10.5. The van der Waals surface area contributed by atoms with E-state index in [9.17, 15) is 4.79 Å². The fourth-order valence-electron chi connectivity index (χ4n) is 4.55. The van der Waals surface area contributed by atoms with Crippen molar-refractivity contribution in [3.8, 4) is 11.3 Å². The van der Waals surface area contributed by atoms with Crippen LogP contribution in [0.5, 0.6) is 0 Å². The highest BCUT2D eigenvalue weighted by Crippen LogP contribution is 2.39. The van der Waals surface area contributed by atoms with Crippen molar-refractivity contribution in [1.82, 2.24) is 20.3 Å². The molecule has 0 aromatic carbocycles. The Hall–Kier alpha value is -2.37. The van der Waals surface area contributed by atoms with Crippen molar-refractivity contribution in [2.45, 2.75) is 57.8 Å². The van der Waals surface area contributed by atoms with E-state index >= 15 is 0 Å². The van der Waals surface area contributed by atoms with E-state index in [0.29, 0.717) is 11.8 Å². The molecule has 0 bridgehead atoms. The molecule has 0 radical (unpaired) electrons. The van der Waals surface area contributed by atoms with Gasteiger partial charge in [-0.3, -0.25) is 9.48 Å². The molecule has 2 aliphatic carbocycles. The number of allylic oxidation sites excluding steroid dienone is 2. The molecule has 2 aliphatic rings. The van der Waals surface area contributed by atoms with Gasteiger partial charge >= 0.3 is 0 Å². The van der Waals surface area contributed by atoms with Gasteiger partial charge in [-0.1, -0.05) is 17.3 Å². The second kappa shape index (κ2) is 8.33. The Kier molecular flexibility index (Phi) is 5.64. The number of amides is 1. The van der Waals surface area contributed by atoms with Crippen LogP contribution in [-0.2, 0) is 11.8 Å². The minimum atomic E-state index is 0.169. The van der Waals surface area contributed by atoms with E-state index < -0.39 is 0 Å². The maximum atomic E-state index is 12.4. The molecule has 6 nitrogen and oxygen atoms in total. The topological polar surface area (TPSA) is 73.0 Å². The van der Waals surface area contributed by atoms with E-state index in [2.05, 4.69) is 22.6 Å². The lowest BCUT2D eigenvalue weighted by atomic mass is 9.79. The summed E-state index contributed by atoms with van der Waals surface area (Å²) >= 11 is 0. The van der Waals surface area contributed by atoms with Crippen LogP contribution in [0.3, 0.4) is 0 Å². The van der Waals surface area contributed by atoms with Gasteiger partial charge in [0.2, 0.25) is 5.91 Å². The molecular formula is C22H30N4O2. The number of nitrogens with zero attached hydrogens (tertiary/aromatic N) is 3. The van der Waals surface area contributed by atoms with E-state index in [0.717, 1.165) is 74.2 Å². The maximum absolute atomic E-state index is 12.4. The van der Waals surface area contributed by atoms with Crippen molar-refractivity contribution < 1.29 is 9.32 Å². The highest BCUT2D eigenvalue weighted by Gasteiger charge is 2.28. The average molecular weight is 383 g/mol. The Labute approximate surface area is 166 Å². The molecular weight excluding hydrogens is 352 g/mol. The molecule has 0 spiro atoms. The van der Waals surface area contributed by atoms with Crippen LogP contribution in [0.4, 0.5) is 0 Å². The quantitative estimate of drug-likeness (QED) is 0.789. The van der Waals surface area contributed by atoms with Crippen molar-refractivity contribution in [1.29, 1.82) is 0 Å². The third kappa shape index (κ3) is 4.21. The lowest BCUT2D eigenvalue weighted by Gasteiger charge is -2.28. The van der Waals surface area contributed by atoms with Gasteiger partial charge in [0.1, 0.15) is 0 Å². The second-order valence-corrected chi connectivity index (χ2v) is 8.38. The predicted octanol–water partition coefficient (Wildman–Crippen LogP) is 4.13. The van der Waals surface area contributed by atoms with Crippen molar-refractivity contribution in [3.05, 3.63) is 35.8 Å². The zero-order valence-corrected chi connectivity index (χ0v) is 16.9. The maximum Gasteiger partial charge on any atom is 0.223 e. The highest BCUT2D eigenvalue weighted by molar-refractivity contribution is 5.78. The lowest BCUT2D eigenvalue weighted by Crippen LogP contribution is -2.35. The van der Waals surface area contributed by atoms with E-state index in [1.54, 1.807) is 0 Å². The molecule has 6 heteroatoms. The van der Waals surface area contributed by atoms with Gasteiger partial charge in [0, 0.05) is 37.7 Å². The van der Waals surface area contributed by atoms with Crippen LogP contribution in [0.2, 0.25) is 0 Å². The molecule has 1 N–H and O–H groups in total. The van der Waals surface area contributed by atoms with E-state index in [1.807, 2.05) is 30.9 Å². The zero-order chi connectivity index (χ0) is 19.5. The molecule has 28 heavy (non-hydrogen) atoms. The van der Waals surface area contributed by atoms with Gasteiger partial charge in [-0.05, 0) is 57.8 Å². The Morgan fingerprint density at radius 3 is 2.75 bits per heavy atom. The predicted molar refractivity (Wildman–Crippen MR) is 108 cm³/mol. The fraction of sp³-hybridized carbons (Fsp3) is 0.591. The number of hydrogen-bond donors (Lipinski definition) is 1. The number of aromatic nitrogens is 3. The van der Waals surface area contributed by atoms with Gasteiger partial charge < -0.3 is 9.84 Å². The number of nitrogens with one attached hydrogen (secondary N) is 1. The molecule has 1 amide bonds. The lowest BCUT2D eigenvalue weighted by molar-refractivity contribution is -0.125. The van der Waals surface area contributed by atoms with Gasteiger partial charge in [0.25, 0.3) is 0 Å². The van der Waals surface area contributed by atoms with Crippen molar-refractivity contribution in [2.24, 2.45) is 18.9 Å². The van der Waals surface area contributed by atoms with Gasteiger partial charge in [-0.2, -0.15) is 5.10 Å². The molecule has 1 fully saturated rings. The van der Waals surface area contributed by atoms with E-state index in [4.69, 9.17) is 9.62 Å². The first kappa shape index (κ1) is 19.0. The molecule has 2 heterocycles. The van der Waals surface area contributed by atoms with E-state index in [-0.39, 0.29) is 11.8 Å². The summed E-state index contributed by atoms with van der Waals surface area (Å²) in [5.41, 5.74) is 3.07. The molecule has 1 saturated carbocycles. The summed E-state index contributed by atoms with van der Waals surface area (Å²) in [4.78, 5) is 12.4. The molecule has 150 valence electrons. The summed E-state index contributed by atoms with van der Waals surface area (Å²) in [5, 5.41) is 12.0. The molecule has 2 aromatic heterocycles. The number of aryl methyl sites for hydroxylation is 2. The summed E-state index contributed by atoms with van der Waals surface area (Å²) in [7, 11) is 1.96. The SMILES string of the molecule is Cc1cc(-c2cn(C)nc2C2CCC(CNC(=O)C3CC=CCC3)CC2)on1. The average Bonchev–Trinajstić information content (AvgIpc) is 3.32.